The number of guanidine groups is 1. The smallest absolute Gasteiger partial charge is 0.232 e. The van der Waals surface area contributed by atoms with Gasteiger partial charge in [-0.3, -0.25) is 9.62 Å². The SMILES string of the molecule is CCCCN1CN=C(NS(C)(=O)=O)NC1. The molecule has 0 unspecified atom stereocenters. The zero-order valence-corrected chi connectivity index (χ0v) is 9.97. The maximum Gasteiger partial charge on any atom is 0.232 e. The van der Waals surface area contributed by atoms with Gasteiger partial charge in [-0.25, -0.2) is 13.4 Å². The molecule has 88 valence electrons. The summed E-state index contributed by atoms with van der Waals surface area (Å²) in [6.07, 6.45) is 3.39. The molecule has 0 aromatic carbocycles. The van der Waals surface area contributed by atoms with Crippen molar-refractivity contribution in [3.05, 3.63) is 0 Å². The molecule has 7 heteroatoms. The second-order valence-corrected chi connectivity index (χ2v) is 5.35. The van der Waals surface area contributed by atoms with E-state index in [1.807, 2.05) is 0 Å². The summed E-state index contributed by atoms with van der Waals surface area (Å²) >= 11 is 0. The van der Waals surface area contributed by atoms with Gasteiger partial charge in [0.2, 0.25) is 16.0 Å². The molecule has 1 aliphatic rings. The van der Waals surface area contributed by atoms with Gasteiger partial charge in [0.1, 0.15) is 0 Å². The Hall–Kier alpha value is -0.820. The lowest BCUT2D eigenvalue weighted by Crippen LogP contribution is -2.50. The standard InChI is InChI=1S/C8H18N4O2S/c1-3-4-5-12-6-9-8(10-7-12)11-15(2,13)14/h3-7H2,1-2H3,(H2,9,10,11). The molecule has 0 aromatic rings. The van der Waals surface area contributed by atoms with Crippen LogP contribution in [0.4, 0.5) is 0 Å². The van der Waals surface area contributed by atoms with Crippen LogP contribution >= 0.6 is 0 Å². The first-order chi connectivity index (χ1) is 7.01. The van der Waals surface area contributed by atoms with Crippen LogP contribution < -0.4 is 10.0 Å². The van der Waals surface area contributed by atoms with Crippen molar-refractivity contribution >= 4 is 16.0 Å². The van der Waals surface area contributed by atoms with E-state index in [4.69, 9.17) is 0 Å². The van der Waals surface area contributed by atoms with Crippen molar-refractivity contribution in [2.45, 2.75) is 19.8 Å². The quantitative estimate of drug-likeness (QED) is 0.688. The van der Waals surface area contributed by atoms with Gasteiger partial charge in [0.05, 0.1) is 19.6 Å². The van der Waals surface area contributed by atoms with E-state index in [2.05, 4.69) is 26.9 Å². The third kappa shape index (κ3) is 4.98. The number of aliphatic imine (C=N–C) groups is 1. The molecule has 0 amide bonds. The highest BCUT2D eigenvalue weighted by Crippen LogP contribution is 1.97. The Balaban J connectivity index is 2.38. The fourth-order valence-electron chi connectivity index (χ4n) is 1.24. The second-order valence-electron chi connectivity index (χ2n) is 3.61. The summed E-state index contributed by atoms with van der Waals surface area (Å²) in [4.78, 5) is 6.21. The normalized spacial score (nSPS) is 18.1. The summed E-state index contributed by atoms with van der Waals surface area (Å²) in [7, 11) is -3.22. The van der Waals surface area contributed by atoms with Gasteiger partial charge in [0.15, 0.2) is 0 Å². The number of nitrogens with one attached hydrogen (secondary N) is 2. The molecule has 6 nitrogen and oxygen atoms in total. The van der Waals surface area contributed by atoms with E-state index in [1.54, 1.807) is 0 Å². The Morgan fingerprint density at radius 3 is 2.80 bits per heavy atom. The van der Waals surface area contributed by atoms with E-state index in [0.717, 1.165) is 25.6 Å². The van der Waals surface area contributed by atoms with Crippen molar-refractivity contribution in [2.24, 2.45) is 4.99 Å². The van der Waals surface area contributed by atoms with Crippen LogP contribution in [0.25, 0.3) is 0 Å². The molecule has 1 heterocycles. The van der Waals surface area contributed by atoms with Crippen molar-refractivity contribution in [3.63, 3.8) is 0 Å². The molecule has 0 aliphatic carbocycles. The lowest BCUT2D eigenvalue weighted by molar-refractivity contribution is 0.260. The topological polar surface area (TPSA) is 73.8 Å². The number of rotatable bonds is 4. The molecule has 0 atom stereocenters. The third-order valence-electron chi connectivity index (χ3n) is 2.01. The number of sulfonamides is 1. The van der Waals surface area contributed by atoms with Crippen molar-refractivity contribution in [1.29, 1.82) is 0 Å². The van der Waals surface area contributed by atoms with Crippen LogP contribution in [0.5, 0.6) is 0 Å². The first kappa shape index (κ1) is 12.3. The average Bonchev–Trinajstić information content (AvgIpc) is 2.14. The maximum absolute atomic E-state index is 10.9. The van der Waals surface area contributed by atoms with Crippen LogP contribution in [-0.2, 0) is 10.0 Å². The highest BCUT2D eigenvalue weighted by atomic mass is 32.2. The van der Waals surface area contributed by atoms with Crippen molar-refractivity contribution in [1.82, 2.24) is 14.9 Å². The van der Waals surface area contributed by atoms with Crippen LogP contribution in [-0.4, -0.2) is 45.4 Å². The summed E-state index contributed by atoms with van der Waals surface area (Å²) in [6, 6.07) is 0. The van der Waals surface area contributed by atoms with Gasteiger partial charge < -0.3 is 5.32 Å². The predicted molar refractivity (Wildman–Crippen MR) is 59.9 cm³/mol. The van der Waals surface area contributed by atoms with Crippen molar-refractivity contribution < 1.29 is 8.42 Å². The van der Waals surface area contributed by atoms with Crippen LogP contribution in [0.15, 0.2) is 4.99 Å². The number of hydrogen-bond donors (Lipinski definition) is 2. The zero-order valence-electron chi connectivity index (χ0n) is 9.15. The Kier molecular flexibility index (Phi) is 4.34. The van der Waals surface area contributed by atoms with E-state index >= 15 is 0 Å². The van der Waals surface area contributed by atoms with Gasteiger partial charge in [-0.2, -0.15) is 0 Å². The number of unbranched alkanes of at least 4 members (excludes halogenated alkanes) is 1. The Bertz CT molecular complexity index is 326. The zero-order chi connectivity index (χ0) is 11.3. The van der Waals surface area contributed by atoms with Crippen LogP contribution in [0.1, 0.15) is 19.8 Å². The lowest BCUT2D eigenvalue weighted by atomic mass is 10.3. The van der Waals surface area contributed by atoms with E-state index in [1.165, 1.54) is 0 Å². The summed E-state index contributed by atoms with van der Waals surface area (Å²) < 4.78 is 24.1. The Morgan fingerprint density at radius 2 is 2.33 bits per heavy atom. The minimum absolute atomic E-state index is 0.338. The molecule has 0 saturated heterocycles. The molecule has 15 heavy (non-hydrogen) atoms. The molecular formula is C8H18N4O2S. The molecule has 1 rings (SSSR count). The largest absolute Gasteiger partial charge is 0.343 e. The average molecular weight is 234 g/mol. The van der Waals surface area contributed by atoms with Crippen LogP contribution in [0.3, 0.4) is 0 Å². The lowest BCUT2D eigenvalue weighted by Gasteiger charge is -2.26. The molecule has 0 fully saturated rings. The summed E-state index contributed by atoms with van der Waals surface area (Å²) in [5, 5.41) is 2.92. The molecule has 0 radical (unpaired) electrons. The van der Waals surface area contributed by atoms with Gasteiger partial charge in [-0.05, 0) is 6.42 Å². The van der Waals surface area contributed by atoms with Crippen LogP contribution in [0.2, 0.25) is 0 Å². The highest BCUT2D eigenvalue weighted by Gasteiger charge is 2.13. The van der Waals surface area contributed by atoms with E-state index in [9.17, 15) is 8.42 Å². The predicted octanol–water partition coefficient (Wildman–Crippen LogP) is -0.488. The Morgan fingerprint density at radius 1 is 1.60 bits per heavy atom. The number of nitrogens with zero attached hydrogens (tertiary/aromatic N) is 2. The van der Waals surface area contributed by atoms with Gasteiger partial charge in [0.25, 0.3) is 0 Å². The maximum atomic E-state index is 10.9. The van der Waals surface area contributed by atoms with E-state index in [0.29, 0.717) is 19.3 Å². The van der Waals surface area contributed by atoms with Crippen LogP contribution in [0, 0.1) is 0 Å². The third-order valence-corrected chi connectivity index (χ3v) is 2.57. The van der Waals surface area contributed by atoms with Crippen molar-refractivity contribution in [2.75, 3.05) is 26.1 Å². The molecular weight excluding hydrogens is 216 g/mol. The fraction of sp³-hybridized carbons (Fsp3) is 0.875. The van der Waals surface area contributed by atoms with E-state index in [-0.39, 0.29) is 0 Å². The Labute approximate surface area is 90.8 Å². The molecule has 0 aromatic heterocycles. The molecule has 1 aliphatic heterocycles. The molecule has 0 bridgehead atoms. The highest BCUT2D eigenvalue weighted by molar-refractivity contribution is 7.89. The monoisotopic (exact) mass is 234 g/mol. The molecule has 0 spiro atoms. The fourth-order valence-corrected chi connectivity index (χ4v) is 1.73. The van der Waals surface area contributed by atoms with Gasteiger partial charge in [0, 0.05) is 6.54 Å². The molecule has 2 N–H and O–H groups in total. The second kappa shape index (κ2) is 5.32. The summed E-state index contributed by atoms with van der Waals surface area (Å²) in [6.45, 7) is 4.31. The first-order valence-corrected chi connectivity index (χ1v) is 6.89. The minimum atomic E-state index is -3.22. The minimum Gasteiger partial charge on any atom is -0.343 e. The summed E-state index contributed by atoms with van der Waals surface area (Å²) in [5.41, 5.74) is 0. The first-order valence-electron chi connectivity index (χ1n) is 4.99. The molecule has 0 saturated carbocycles. The van der Waals surface area contributed by atoms with Gasteiger partial charge in [-0.15, -0.1) is 0 Å². The number of hydrogen-bond acceptors (Lipinski definition) is 5. The van der Waals surface area contributed by atoms with Gasteiger partial charge >= 0.3 is 0 Å². The summed E-state index contributed by atoms with van der Waals surface area (Å²) in [5.74, 6) is 0.338. The van der Waals surface area contributed by atoms with E-state index < -0.39 is 10.0 Å². The van der Waals surface area contributed by atoms with Crippen molar-refractivity contribution in [3.8, 4) is 0 Å². The van der Waals surface area contributed by atoms with Gasteiger partial charge in [-0.1, -0.05) is 13.3 Å².